The van der Waals surface area contributed by atoms with E-state index in [1.165, 1.54) is 5.69 Å². The molecule has 0 amide bonds. The van der Waals surface area contributed by atoms with Gasteiger partial charge in [-0.3, -0.25) is 0 Å². The van der Waals surface area contributed by atoms with Gasteiger partial charge in [0.05, 0.1) is 18.9 Å². The molecule has 3 heterocycles. The Morgan fingerprint density at radius 3 is 3.29 bits per heavy atom. The maximum Gasteiger partial charge on any atom is 0.225 e. The summed E-state index contributed by atoms with van der Waals surface area (Å²) in [5, 5.41) is 3.39. The maximum atomic E-state index is 5.40. The topological polar surface area (TPSA) is 50.3 Å². The van der Waals surface area contributed by atoms with E-state index >= 15 is 0 Å². The number of hydrogen-bond donors (Lipinski definition) is 1. The van der Waals surface area contributed by atoms with Gasteiger partial charge >= 0.3 is 0 Å². The lowest BCUT2D eigenvalue weighted by atomic mass is 10.1. The van der Waals surface area contributed by atoms with Gasteiger partial charge in [-0.25, -0.2) is 9.97 Å². The van der Waals surface area contributed by atoms with Crippen LogP contribution in [0.1, 0.15) is 17.7 Å². The third kappa shape index (κ3) is 2.40. The Balaban J connectivity index is 1.82. The smallest absolute Gasteiger partial charge is 0.225 e. The fourth-order valence-electron chi connectivity index (χ4n) is 2.32. The Hall–Kier alpha value is -1.20. The predicted octanol–water partition coefficient (Wildman–Crippen LogP) is 0.349. The van der Waals surface area contributed by atoms with Crippen LogP contribution in [-0.4, -0.2) is 42.8 Å². The normalized spacial score (nSPS) is 20.8. The molecule has 5 nitrogen and oxygen atoms in total. The number of nitrogens with zero attached hydrogens (tertiary/aromatic N) is 3. The van der Waals surface area contributed by atoms with Gasteiger partial charge in [-0.15, -0.1) is 0 Å². The highest BCUT2D eigenvalue weighted by atomic mass is 16.5. The van der Waals surface area contributed by atoms with Crippen LogP contribution in [0.2, 0.25) is 0 Å². The molecule has 17 heavy (non-hydrogen) atoms. The summed E-state index contributed by atoms with van der Waals surface area (Å²) in [6.07, 6.45) is 4.00. The van der Waals surface area contributed by atoms with E-state index < -0.39 is 0 Å². The summed E-state index contributed by atoms with van der Waals surface area (Å²) in [5.41, 5.74) is 2.31. The molecular formula is C12H18N4O. The third-order valence-corrected chi connectivity index (χ3v) is 3.31. The lowest BCUT2D eigenvalue weighted by Crippen LogP contribution is -2.30. The van der Waals surface area contributed by atoms with Crippen LogP contribution in [-0.2, 0) is 17.8 Å². The van der Waals surface area contributed by atoms with Crippen molar-refractivity contribution in [1.82, 2.24) is 15.3 Å². The summed E-state index contributed by atoms with van der Waals surface area (Å²) in [7, 11) is 0. The van der Waals surface area contributed by atoms with Gasteiger partial charge in [0.2, 0.25) is 5.95 Å². The number of hydrogen-bond acceptors (Lipinski definition) is 5. The van der Waals surface area contributed by atoms with Crippen molar-refractivity contribution in [2.45, 2.75) is 19.4 Å². The molecule has 3 rings (SSSR count). The first-order valence-corrected chi connectivity index (χ1v) is 6.32. The SMILES string of the molecule is c1nc(N2CCCNCC2)nc2c1COCC2. The molecule has 1 aromatic rings. The van der Waals surface area contributed by atoms with Crippen LogP contribution in [0, 0.1) is 0 Å². The molecule has 1 aromatic heterocycles. The molecule has 1 saturated heterocycles. The highest BCUT2D eigenvalue weighted by molar-refractivity contribution is 5.34. The first-order chi connectivity index (χ1) is 8.43. The van der Waals surface area contributed by atoms with Crippen LogP contribution in [0.5, 0.6) is 0 Å². The van der Waals surface area contributed by atoms with E-state index in [4.69, 9.17) is 4.74 Å². The summed E-state index contributed by atoms with van der Waals surface area (Å²) < 4.78 is 5.40. The van der Waals surface area contributed by atoms with E-state index in [1.807, 2.05) is 6.20 Å². The number of ether oxygens (including phenoxy) is 1. The van der Waals surface area contributed by atoms with Crippen molar-refractivity contribution >= 4 is 5.95 Å². The molecule has 0 atom stereocenters. The number of anilines is 1. The lowest BCUT2D eigenvalue weighted by Gasteiger charge is -2.22. The minimum Gasteiger partial charge on any atom is -0.376 e. The van der Waals surface area contributed by atoms with Crippen LogP contribution in [0.3, 0.4) is 0 Å². The van der Waals surface area contributed by atoms with Crippen LogP contribution in [0.15, 0.2) is 6.20 Å². The fraction of sp³-hybridized carbons (Fsp3) is 0.667. The van der Waals surface area contributed by atoms with Gasteiger partial charge in [0.1, 0.15) is 0 Å². The average Bonchev–Trinajstić information content (AvgIpc) is 2.67. The zero-order valence-corrected chi connectivity index (χ0v) is 9.98. The van der Waals surface area contributed by atoms with Crippen LogP contribution in [0.4, 0.5) is 5.95 Å². The number of rotatable bonds is 1. The monoisotopic (exact) mass is 234 g/mol. The molecule has 0 aromatic carbocycles. The number of aromatic nitrogens is 2. The van der Waals surface area contributed by atoms with E-state index in [0.717, 1.165) is 57.1 Å². The Kier molecular flexibility index (Phi) is 3.20. The molecule has 2 aliphatic heterocycles. The molecule has 1 N–H and O–H groups in total. The highest BCUT2D eigenvalue weighted by Gasteiger charge is 2.16. The van der Waals surface area contributed by atoms with Gasteiger partial charge in [-0.2, -0.15) is 0 Å². The van der Waals surface area contributed by atoms with E-state index in [2.05, 4.69) is 20.2 Å². The third-order valence-electron chi connectivity index (χ3n) is 3.31. The molecular weight excluding hydrogens is 216 g/mol. The summed E-state index contributed by atoms with van der Waals surface area (Å²) in [4.78, 5) is 11.4. The average molecular weight is 234 g/mol. The summed E-state index contributed by atoms with van der Waals surface area (Å²) in [5.74, 6) is 0.884. The van der Waals surface area contributed by atoms with Crippen LogP contribution < -0.4 is 10.2 Å². The minimum atomic E-state index is 0.664. The Bertz CT molecular complexity index is 388. The highest BCUT2D eigenvalue weighted by Crippen LogP contribution is 2.17. The zero-order chi connectivity index (χ0) is 11.5. The molecule has 0 spiro atoms. The molecule has 1 fully saturated rings. The van der Waals surface area contributed by atoms with Crippen molar-refractivity contribution < 1.29 is 4.74 Å². The van der Waals surface area contributed by atoms with Crippen molar-refractivity contribution in [2.24, 2.45) is 0 Å². The van der Waals surface area contributed by atoms with E-state index in [0.29, 0.717) is 6.61 Å². The maximum absolute atomic E-state index is 5.40. The van der Waals surface area contributed by atoms with Crippen molar-refractivity contribution in [3.8, 4) is 0 Å². The van der Waals surface area contributed by atoms with E-state index in [1.54, 1.807) is 0 Å². The quantitative estimate of drug-likeness (QED) is 0.760. The predicted molar refractivity (Wildman–Crippen MR) is 65.1 cm³/mol. The Morgan fingerprint density at radius 2 is 2.29 bits per heavy atom. The molecule has 0 bridgehead atoms. The summed E-state index contributed by atoms with van der Waals surface area (Å²) >= 11 is 0. The lowest BCUT2D eigenvalue weighted by molar-refractivity contribution is 0.109. The van der Waals surface area contributed by atoms with Crippen molar-refractivity contribution in [3.63, 3.8) is 0 Å². The summed E-state index contributed by atoms with van der Waals surface area (Å²) in [6.45, 7) is 5.60. The number of nitrogens with one attached hydrogen (secondary N) is 1. The van der Waals surface area contributed by atoms with Crippen LogP contribution >= 0.6 is 0 Å². The Labute approximate surface area is 101 Å². The van der Waals surface area contributed by atoms with Gasteiger partial charge in [0.25, 0.3) is 0 Å². The molecule has 92 valence electrons. The molecule has 0 unspecified atom stereocenters. The van der Waals surface area contributed by atoms with Crippen molar-refractivity contribution in [1.29, 1.82) is 0 Å². The molecule has 0 saturated carbocycles. The molecule has 0 radical (unpaired) electrons. The van der Waals surface area contributed by atoms with Crippen LogP contribution in [0.25, 0.3) is 0 Å². The van der Waals surface area contributed by atoms with Gasteiger partial charge < -0.3 is 15.0 Å². The van der Waals surface area contributed by atoms with Gasteiger partial charge in [-0.05, 0) is 13.0 Å². The van der Waals surface area contributed by atoms with E-state index in [9.17, 15) is 0 Å². The van der Waals surface area contributed by atoms with Gasteiger partial charge in [-0.1, -0.05) is 0 Å². The Morgan fingerprint density at radius 1 is 1.29 bits per heavy atom. The van der Waals surface area contributed by atoms with Crippen molar-refractivity contribution in [2.75, 3.05) is 37.7 Å². The largest absolute Gasteiger partial charge is 0.376 e. The first-order valence-electron chi connectivity index (χ1n) is 6.32. The molecule has 2 aliphatic rings. The zero-order valence-electron chi connectivity index (χ0n) is 9.98. The van der Waals surface area contributed by atoms with Crippen molar-refractivity contribution in [3.05, 3.63) is 17.5 Å². The van der Waals surface area contributed by atoms with Gasteiger partial charge in [0, 0.05) is 37.8 Å². The fourth-order valence-corrected chi connectivity index (χ4v) is 2.32. The molecule has 0 aliphatic carbocycles. The second-order valence-electron chi connectivity index (χ2n) is 4.54. The molecule has 5 heteroatoms. The standard InChI is InChI=1S/C12H18N4O/c1-3-13-4-6-16(5-1)12-14-8-10-9-17-7-2-11(10)15-12/h8,13H,1-7,9H2. The second kappa shape index (κ2) is 4.98. The number of fused-ring (bicyclic) bond motifs is 1. The minimum absolute atomic E-state index is 0.664. The van der Waals surface area contributed by atoms with Gasteiger partial charge in [0.15, 0.2) is 0 Å². The summed E-state index contributed by atoms with van der Waals surface area (Å²) in [6, 6.07) is 0. The first kappa shape index (κ1) is 10.9. The second-order valence-corrected chi connectivity index (χ2v) is 4.54. The van der Waals surface area contributed by atoms with E-state index in [-0.39, 0.29) is 0 Å².